The van der Waals surface area contributed by atoms with E-state index in [2.05, 4.69) is 20.9 Å². The van der Waals surface area contributed by atoms with Crippen molar-refractivity contribution >= 4 is 11.7 Å². The number of Topliss-reactive ketones (excluding diaryl/α,β-unsaturated/α-hetero) is 1. The van der Waals surface area contributed by atoms with Crippen molar-refractivity contribution in [3.05, 3.63) is 30.6 Å². The van der Waals surface area contributed by atoms with Crippen LogP contribution in [0.3, 0.4) is 0 Å². The molecule has 6 nitrogen and oxygen atoms in total. The summed E-state index contributed by atoms with van der Waals surface area (Å²) in [7, 11) is 0. The first-order chi connectivity index (χ1) is 9.77. The van der Waals surface area contributed by atoms with Crippen molar-refractivity contribution in [1.29, 1.82) is 0 Å². The second kappa shape index (κ2) is 7.72. The van der Waals surface area contributed by atoms with Crippen LogP contribution in [0.15, 0.2) is 30.6 Å². The molecule has 6 heteroatoms. The van der Waals surface area contributed by atoms with E-state index in [0.29, 0.717) is 19.4 Å². The van der Waals surface area contributed by atoms with Crippen LogP contribution in [-0.4, -0.2) is 48.4 Å². The van der Waals surface area contributed by atoms with Gasteiger partial charge in [-0.3, -0.25) is 14.6 Å². The van der Waals surface area contributed by atoms with Crippen LogP contribution in [0.5, 0.6) is 0 Å². The number of nitrogens with zero attached hydrogens (tertiary/aromatic N) is 1. The maximum Gasteiger partial charge on any atom is 0.220 e. The van der Waals surface area contributed by atoms with Gasteiger partial charge in [-0.15, -0.1) is 0 Å². The zero-order valence-electron chi connectivity index (χ0n) is 11.3. The number of hydrogen-bond donors (Lipinski definition) is 3. The maximum absolute atomic E-state index is 11.8. The first-order valence-electron chi connectivity index (χ1n) is 6.89. The smallest absolute Gasteiger partial charge is 0.220 e. The summed E-state index contributed by atoms with van der Waals surface area (Å²) in [6.07, 6.45) is 4.63. The molecule has 2 atom stereocenters. The molecule has 3 heterocycles. The summed E-state index contributed by atoms with van der Waals surface area (Å²) in [6.45, 7) is 2.39. The minimum absolute atomic E-state index is 0.00730. The van der Waals surface area contributed by atoms with Crippen molar-refractivity contribution in [2.24, 2.45) is 0 Å². The molecule has 0 unspecified atom stereocenters. The zero-order chi connectivity index (χ0) is 14.2. The van der Waals surface area contributed by atoms with Gasteiger partial charge in [0.25, 0.3) is 0 Å². The normalized spacial score (nSPS) is 25.3. The van der Waals surface area contributed by atoms with Gasteiger partial charge in [0.1, 0.15) is 0 Å². The molecule has 108 valence electrons. The molecule has 1 aromatic rings. The Morgan fingerprint density at radius 3 is 2.40 bits per heavy atom. The molecule has 3 rings (SSSR count). The predicted octanol–water partition coefficient (Wildman–Crippen LogP) is -0.523. The quantitative estimate of drug-likeness (QED) is 0.677. The van der Waals surface area contributed by atoms with E-state index in [1.54, 1.807) is 12.4 Å². The number of piperazine rings is 1. The third kappa shape index (κ3) is 4.40. The Balaban J connectivity index is 0.000000205. The van der Waals surface area contributed by atoms with E-state index < -0.39 is 0 Å². The van der Waals surface area contributed by atoms with E-state index in [4.69, 9.17) is 0 Å². The van der Waals surface area contributed by atoms with Gasteiger partial charge in [0.05, 0.1) is 12.1 Å². The molecule has 2 aliphatic heterocycles. The molecule has 0 saturated carbocycles. The molecule has 20 heavy (non-hydrogen) atoms. The Kier molecular flexibility index (Phi) is 5.64. The monoisotopic (exact) mass is 276 g/mol. The van der Waals surface area contributed by atoms with E-state index in [0.717, 1.165) is 13.1 Å². The Labute approximate surface area is 118 Å². The van der Waals surface area contributed by atoms with E-state index >= 15 is 0 Å². The summed E-state index contributed by atoms with van der Waals surface area (Å²) < 4.78 is 0. The van der Waals surface area contributed by atoms with Gasteiger partial charge in [0, 0.05) is 38.4 Å². The van der Waals surface area contributed by atoms with Crippen molar-refractivity contribution in [3.8, 4) is 0 Å². The number of aromatic nitrogens is 1. The third-order valence-corrected chi connectivity index (χ3v) is 3.29. The largest absolute Gasteiger partial charge is 0.346 e. The first-order valence-corrected chi connectivity index (χ1v) is 6.89. The van der Waals surface area contributed by atoms with Gasteiger partial charge in [-0.2, -0.15) is 0 Å². The minimum Gasteiger partial charge on any atom is -0.346 e. The number of nitrogens with one attached hydrogen (secondary N) is 3. The Morgan fingerprint density at radius 1 is 1.15 bits per heavy atom. The highest BCUT2D eigenvalue weighted by atomic mass is 16.2. The molecule has 3 N–H and O–H groups in total. The molecular weight excluding hydrogens is 256 g/mol. The fourth-order valence-corrected chi connectivity index (χ4v) is 2.24. The maximum atomic E-state index is 11.8. The van der Waals surface area contributed by atoms with Crippen molar-refractivity contribution in [2.75, 3.05) is 19.6 Å². The Bertz CT molecular complexity index is 405. The van der Waals surface area contributed by atoms with Crippen LogP contribution < -0.4 is 16.0 Å². The van der Waals surface area contributed by atoms with Gasteiger partial charge < -0.3 is 16.0 Å². The molecule has 0 bridgehead atoms. The van der Waals surface area contributed by atoms with E-state index in [-0.39, 0.29) is 23.8 Å². The lowest BCUT2D eigenvalue weighted by Crippen LogP contribution is -2.56. The molecule has 0 aromatic carbocycles. The molecule has 2 saturated heterocycles. The van der Waals surface area contributed by atoms with Crippen molar-refractivity contribution in [2.45, 2.75) is 24.9 Å². The fraction of sp³-hybridized carbons (Fsp3) is 0.500. The van der Waals surface area contributed by atoms with Crippen molar-refractivity contribution in [1.82, 2.24) is 20.9 Å². The van der Waals surface area contributed by atoms with E-state index in [1.165, 1.54) is 0 Å². The standard InChI is InChI=1S/C9H15N3O2.C5H5N/c13-8-2-1-6(12-8)9(14)7-5-10-3-4-11-7;1-2-4-6-5-3-1/h6-7,10-11H,1-5H2,(H,12,13);1-5H/t6-,7+;/m0./s1. The second-order valence-corrected chi connectivity index (χ2v) is 4.80. The van der Waals surface area contributed by atoms with Gasteiger partial charge >= 0.3 is 0 Å². The van der Waals surface area contributed by atoms with Crippen LogP contribution in [0.4, 0.5) is 0 Å². The summed E-state index contributed by atoms with van der Waals surface area (Å²) in [5, 5.41) is 9.00. The zero-order valence-corrected chi connectivity index (χ0v) is 11.3. The molecule has 0 aliphatic carbocycles. The third-order valence-electron chi connectivity index (χ3n) is 3.29. The molecule has 1 aromatic heterocycles. The highest BCUT2D eigenvalue weighted by Gasteiger charge is 2.32. The van der Waals surface area contributed by atoms with Crippen molar-refractivity contribution < 1.29 is 9.59 Å². The lowest BCUT2D eigenvalue weighted by atomic mass is 10.0. The number of ketones is 1. The van der Waals surface area contributed by atoms with Crippen LogP contribution in [-0.2, 0) is 9.59 Å². The molecular formula is C14H20N4O2. The lowest BCUT2D eigenvalue weighted by molar-refractivity contribution is -0.125. The van der Waals surface area contributed by atoms with Gasteiger partial charge in [-0.25, -0.2) is 0 Å². The SMILES string of the molecule is O=C1CC[C@@H](C(=O)[C@H]2CNCCN2)N1.c1ccncc1. The van der Waals surface area contributed by atoms with E-state index in [9.17, 15) is 9.59 Å². The lowest BCUT2D eigenvalue weighted by Gasteiger charge is -2.25. The number of amides is 1. The average Bonchev–Trinajstić information content (AvgIpc) is 2.96. The van der Waals surface area contributed by atoms with Crippen LogP contribution in [0.1, 0.15) is 12.8 Å². The van der Waals surface area contributed by atoms with E-state index in [1.807, 2.05) is 18.2 Å². The number of rotatable bonds is 2. The van der Waals surface area contributed by atoms with Gasteiger partial charge in [0.15, 0.2) is 5.78 Å². The predicted molar refractivity (Wildman–Crippen MR) is 75.1 cm³/mol. The highest BCUT2D eigenvalue weighted by molar-refractivity contribution is 5.95. The summed E-state index contributed by atoms with van der Waals surface area (Å²) in [5.74, 6) is 0.107. The second-order valence-electron chi connectivity index (χ2n) is 4.80. The molecule has 0 spiro atoms. The average molecular weight is 276 g/mol. The molecule has 0 radical (unpaired) electrons. The molecule has 1 amide bonds. The fourth-order valence-electron chi connectivity index (χ4n) is 2.24. The summed E-state index contributed by atoms with van der Waals surface area (Å²) in [4.78, 5) is 26.6. The molecule has 2 aliphatic rings. The van der Waals surface area contributed by atoms with Crippen LogP contribution in [0.2, 0.25) is 0 Å². The van der Waals surface area contributed by atoms with Crippen LogP contribution in [0, 0.1) is 0 Å². The number of carbonyl (C=O) groups excluding carboxylic acids is 2. The molecule has 2 fully saturated rings. The Morgan fingerprint density at radius 2 is 1.95 bits per heavy atom. The van der Waals surface area contributed by atoms with Crippen LogP contribution in [0.25, 0.3) is 0 Å². The van der Waals surface area contributed by atoms with Gasteiger partial charge in [-0.05, 0) is 18.6 Å². The van der Waals surface area contributed by atoms with Gasteiger partial charge in [0.2, 0.25) is 5.91 Å². The number of pyridine rings is 1. The summed E-state index contributed by atoms with van der Waals surface area (Å²) >= 11 is 0. The van der Waals surface area contributed by atoms with Crippen LogP contribution >= 0.6 is 0 Å². The number of carbonyl (C=O) groups is 2. The summed E-state index contributed by atoms with van der Waals surface area (Å²) in [5.41, 5.74) is 0. The van der Waals surface area contributed by atoms with Gasteiger partial charge in [-0.1, -0.05) is 6.07 Å². The summed E-state index contributed by atoms with van der Waals surface area (Å²) in [6, 6.07) is 5.32. The minimum atomic E-state index is -0.264. The Hall–Kier alpha value is -1.79. The topological polar surface area (TPSA) is 83.1 Å². The first kappa shape index (κ1) is 14.6. The highest BCUT2D eigenvalue weighted by Crippen LogP contribution is 2.09. The number of hydrogen-bond acceptors (Lipinski definition) is 5. The van der Waals surface area contributed by atoms with Crippen molar-refractivity contribution in [3.63, 3.8) is 0 Å².